The van der Waals surface area contributed by atoms with Crippen molar-refractivity contribution >= 4 is 8.07 Å². The van der Waals surface area contributed by atoms with E-state index in [-0.39, 0.29) is 24.0 Å². The van der Waals surface area contributed by atoms with Crippen LogP contribution in [0.3, 0.4) is 0 Å². The zero-order valence-electron chi connectivity index (χ0n) is 10.6. The smallest absolute Gasteiger partial charge is 0.243 e. The van der Waals surface area contributed by atoms with Crippen LogP contribution in [0, 0.1) is 11.5 Å². The molecule has 0 amide bonds. The molecule has 0 aliphatic heterocycles. The van der Waals surface area contributed by atoms with Gasteiger partial charge in [0, 0.05) is 6.42 Å². The van der Waals surface area contributed by atoms with Gasteiger partial charge in [-0.25, -0.2) is 9.13 Å². The molecule has 1 aromatic rings. The highest BCUT2D eigenvalue weighted by atomic mass is 127. The third kappa shape index (κ3) is 7.07. The first-order chi connectivity index (χ1) is 6.97. The molecule has 1 rings (SSSR count). The van der Waals surface area contributed by atoms with Gasteiger partial charge in [0.25, 0.3) is 0 Å². The fraction of sp³-hybridized carbons (Fsp3) is 0.583. The molecule has 0 N–H and O–H groups in total. The van der Waals surface area contributed by atoms with E-state index in [0.717, 1.165) is 19.4 Å². The standard InChI is InChI=1S/C12H21N2Si.HI/c1-13-9-10-14(12-13)8-6-5-7-11-15(2,3)4;/h9-10,12H,5-6,8H2,1-4H3;1H/q+1;/p-1. The van der Waals surface area contributed by atoms with E-state index in [1.807, 2.05) is 7.05 Å². The molecule has 1 heterocycles. The summed E-state index contributed by atoms with van der Waals surface area (Å²) in [5, 5.41) is 0. The van der Waals surface area contributed by atoms with E-state index in [4.69, 9.17) is 0 Å². The Morgan fingerprint density at radius 3 is 2.50 bits per heavy atom. The molecule has 0 bridgehead atoms. The summed E-state index contributed by atoms with van der Waals surface area (Å²) in [6.07, 6.45) is 8.43. The van der Waals surface area contributed by atoms with E-state index < -0.39 is 8.07 Å². The van der Waals surface area contributed by atoms with Crippen molar-refractivity contribution in [2.45, 2.75) is 39.0 Å². The first-order valence-electron chi connectivity index (χ1n) is 5.48. The number of hydrogen-bond donors (Lipinski definition) is 0. The highest BCUT2D eigenvalue weighted by Crippen LogP contribution is 1.98. The van der Waals surface area contributed by atoms with Gasteiger partial charge in [-0.15, -0.1) is 11.5 Å². The van der Waals surface area contributed by atoms with Gasteiger partial charge in [0.05, 0.1) is 13.6 Å². The van der Waals surface area contributed by atoms with Crippen LogP contribution < -0.4 is 28.5 Å². The van der Waals surface area contributed by atoms with Gasteiger partial charge in [0.1, 0.15) is 20.5 Å². The van der Waals surface area contributed by atoms with Gasteiger partial charge in [0.15, 0.2) is 0 Å². The predicted molar refractivity (Wildman–Crippen MR) is 66.0 cm³/mol. The van der Waals surface area contributed by atoms with Crippen LogP contribution in [0.15, 0.2) is 18.7 Å². The zero-order chi connectivity index (χ0) is 11.3. The number of aromatic nitrogens is 2. The first-order valence-corrected chi connectivity index (χ1v) is 8.98. The van der Waals surface area contributed by atoms with Crippen LogP contribution in [0.4, 0.5) is 0 Å². The molecular weight excluding hydrogens is 327 g/mol. The number of aryl methyl sites for hydroxylation is 2. The summed E-state index contributed by atoms with van der Waals surface area (Å²) in [5.41, 5.74) is 3.39. The molecule has 0 radical (unpaired) electrons. The van der Waals surface area contributed by atoms with Crippen molar-refractivity contribution < 1.29 is 28.5 Å². The average molecular weight is 348 g/mol. The second kappa shape index (κ2) is 7.12. The molecule has 1 aromatic heterocycles. The fourth-order valence-electron chi connectivity index (χ4n) is 1.31. The summed E-state index contributed by atoms with van der Waals surface area (Å²) in [4.78, 5) is 0. The largest absolute Gasteiger partial charge is 1.00 e. The molecule has 0 aliphatic rings. The summed E-state index contributed by atoms with van der Waals surface area (Å²) in [5.74, 6) is 3.29. The van der Waals surface area contributed by atoms with E-state index in [9.17, 15) is 0 Å². The maximum atomic E-state index is 3.39. The molecule has 0 unspecified atom stereocenters. The fourth-order valence-corrected chi connectivity index (χ4v) is 1.97. The Labute approximate surface area is 117 Å². The predicted octanol–water partition coefficient (Wildman–Crippen LogP) is -1.02. The molecule has 4 heteroatoms. The van der Waals surface area contributed by atoms with Gasteiger partial charge in [0.2, 0.25) is 6.33 Å². The quantitative estimate of drug-likeness (QED) is 0.217. The van der Waals surface area contributed by atoms with Gasteiger partial charge in [-0.05, 0) is 6.42 Å². The van der Waals surface area contributed by atoms with Crippen molar-refractivity contribution in [2.75, 3.05) is 0 Å². The summed E-state index contributed by atoms with van der Waals surface area (Å²) < 4.78 is 4.27. The van der Waals surface area contributed by atoms with Gasteiger partial charge in [-0.2, -0.15) is 0 Å². The van der Waals surface area contributed by atoms with Crippen molar-refractivity contribution in [3.05, 3.63) is 18.7 Å². The van der Waals surface area contributed by atoms with Crippen LogP contribution in [0.1, 0.15) is 12.8 Å². The van der Waals surface area contributed by atoms with Crippen LogP contribution >= 0.6 is 0 Å². The summed E-state index contributed by atoms with van der Waals surface area (Å²) >= 11 is 0. The molecule has 0 fully saturated rings. The van der Waals surface area contributed by atoms with Crippen molar-refractivity contribution in [1.29, 1.82) is 0 Å². The molecule has 0 saturated heterocycles. The highest BCUT2D eigenvalue weighted by molar-refractivity contribution is 6.83. The maximum Gasteiger partial charge on any atom is 0.243 e. The van der Waals surface area contributed by atoms with E-state index in [1.54, 1.807) is 0 Å². The SMILES string of the molecule is C[n+]1ccn(CCCC#C[Si](C)(C)C)c1.[I-]. The maximum absolute atomic E-state index is 3.39. The lowest BCUT2D eigenvalue weighted by molar-refractivity contribution is -0.671. The van der Waals surface area contributed by atoms with Crippen molar-refractivity contribution in [3.63, 3.8) is 0 Å². The normalized spacial score (nSPS) is 10.2. The Hall–Kier alpha value is -0.283. The minimum Gasteiger partial charge on any atom is -1.00 e. The molecule has 0 atom stereocenters. The number of rotatable bonds is 3. The van der Waals surface area contributed by atoms with Crippen LogP contribution in [0.2, 0.25) is 19.6 Å². The third-order valence-electron chi connectivity index (χ3n) is 2.01. The second-order valence-electron chi connectivity index (χ2n) is 4.97. The number of halogens is 1. The number of imidazole rings is 1. The van der Waals surface area contributed by atoms with E-state index in [2.05, 4.69) is 59.0 Å². The molecule has 0 spiro atoms. The van der Waals surface area contributed by atoms with Crippen molar-refractivity contribution in [3.8, 4) is 11.5 Å². The third-order valence-corrected chi connectivity index (χ3v) is 2.93. The second-order valence-corrected chi connectivity index (χ2v) is 9.72. The molecule has 0 aliphatic carbocycles. The molecule has 0 aromatic carbocycles. The van der Waals surface area contributed by atoms with Gasteiger partial charge >= 0.3 is 0 Å². The topological polar surface area (TPSA) is 8.81 Å². The summed E-state index contributed by atoms with van der Waals surface area (Å²) in [7, 11) is 0.889. The molecular formula is C12H21IN2Si. The number of nitrogens with zero attached hydrogens (tertiary/aromatic N) is 2. The van der Waals surface area contributed by atoms with Gasteiger partial charge in [-0.3, -0.25) is 0 Å². The average Bonchev–Trinajstić information content (AvgIpc) is 2.49. The lowest BCUT2D eigenvalue weighted by Crippen LogP contribution is -3.00. The molecule has 2 nitrogen and oxygen atoms in total. The zero-order valence-corrected chi connectivity index (χ0v) is 13.8. The van der Waals surface area contributed by atoms with Crippen LogP contribution in [0.5, 0.6) is 0 Å². The highest BCUT2D eigenvalue weighted by Gasteiger charge is 2.06. The Morgan fingerprint density at radius 1 is 1.31 bits per heavy atom. The molecule has 90 valence electrons. The summed E-state index contributed by atoms with van der Waals surface area (Å²) in [6, 6.07) is 0. The van der Waals surface area contributed by atoms with E-state index >= 15 is 0 Å². The Bertz CT molecular complexity index is 368. The van der Waals surface area contributed by atoms with Crippen LogP contribution in [-0.4, -0.2) is 12.6 Å². The lowest BCUT2D eigenvalue weighted by atomic mass is 10.3. The van der Waals surface area contributed by atoms with E-state index in [0.29, 0.717) is 0 Å². The van der Waals surface area contributed by atoms with Crippen molar-refractivity contribution in [2.24, 2.45) is 7.05 Å². The number of hydrogen-bond acceptors (Lipinski definition) is 0. The van der Waals surface area contributed by atoms with Crippen LogP contribution in [0.25, 0.3) is 0 Å². The van der Waals surface area contributed by atoms with Gasteiger partial charge < -0.3 is 24.0 Å². The lowest BCUT2D eigenvalue weighted by Gasteiger charge is -2.02. The monoisotopic (exact) mass is 348 g/mol. The van der Waals surface area contributed by atoms with Gasteiger partial charge in [-0.1, -0.05) is 19.6 Å². The van der Waals surface area contributed by atoms with E-state index in [1.165, 1.54) is 0 Å². The minimum absolute atomic E-state index is 0. The molecule has 16 heavy (non-hydrogen) atoms. The Balaban J connectivity index is 0.00000225. The Morgan fingerprint density at radius 2 is 2.00 bits per heavy atom. The molecule has 0 saturated carbocycles. The minimum atomic E-state index is -1.15. The van der Waals surface area contributed by atoms with Crippen molar-refractivity contribution in [1.82, 2.24) is 4.57 Å². The van der Waals surface area contributed by atoms with Crippen LogP contribution in [-0.2, 0) is 13.6 Å². The Kier molecular flexibility index (Phi) is 7.00. The summed E-state index contributed by atoms with van der Waals surface area (Å²) in [6.45, 7) is 7.92. The number of unbranched alkanes of at least 4 members (excludes halogenated alkanes) is 1. The first kappa shape index (κ1) is 15.7.